The van der Waals surface area contributed by atoms with E-state index in [0.29, 0.717) is 60.8 Å². The smallest absolute Gasteiger partial charge is 0.253 e. The Hall–Kier alpha value is -4.40. The van der Waals surface area contributed by atoms with Crippen LogP contribution in [0.2, 0.25) is 0 Å². The van der Waals surface area contributed by atoms with Gasteiger partial charge in [-0.2, -0.15) is 0 Å². The predicted molar refractivity (Wildman–Crippen MR) is 146 cm³/mol. The summed E-state index contributed by atoms with van der Waals surface area (Å²) in [4.78, 5) is 45.8. The Labute approximate surface area is 222 Å². The van der Waals surface area contributed by atoms with Crippen LogP contribution in [-0.4, -0.2) is 59.2 Å². The Bertz CT molecular complexity index is 1350. The molecule has 0 radical (unpaired) electrons. The van der Waals surface area contributed by atoms with Crippen molar-refractivity contribution in [1.29, 1.82) is 0 Å². The minimum atomic E-state index is -0.568. The van der Waals surface area contributed by atoms with Crippen LogP contribution >= 0.6 is 0 Å². The van der Waals surface area contributed by atoms with Gasteiger partial charge in [0.2, 0.25) is 5.91 Å². The average Bonchev–Trinajstić information content (AvgIpc) is 3.21. The number of piperidine rings is 1. The van der Waals surface area contributed by atoms with E-state index >= 15 is 0 Å². The number of carbonyl (C=O) groups is 3. The van der Waals surface area contributed by atoms with Gasteiger partial charge in [-0.3, -0.25) is 14.4 Å². The van der Waals surface area contributed by atoms with Crippen LogP contribution in [0.5, 0.6) is 0 Å². The second-order valence-electron chi connectivity index (χ2n) is 10.1. The normalized spacial score (nSPS) is 16.5. The van der Waals surface area contributed by atoms with E-state index in [1.807, 2.05) is 54.4 Å². The summed E-state index contributed by atoms with van der Waals surface area (Å²) in [5.41, 5.74) is 8.45. The van der Waals surface area contributed by atoms with Crippen LogP contribution in [0, 0.1) is 5.41 Å². The molecule has 2 aromatic carbocycles. The highest BCUT2D eigenvalue weighted by atomic mass is 16.2. The van der Waals surface area contributed by atoms with E-state index < -0.39 is 5.91 Å². The van der Waals surface area contributed by atoms with E-state index in [2.05, 4.69) is 15.6 Å². The first-order valence-electron chi connectivity index (χ1n) is 12.8. The van der Waals surface area contributed by atoms with E-state index in [1.54, 1.807) is 23.1 Å². The van der Waals surface area contributed by atoms with Crippen molar-refractivity contribution < 1.29 is 14.4 Å². The molecule has 1 aromatic heterocycles. The van der Waals surface area contributed by atoms with Crippen LogP contribution in [0.3, 0.4) is 0 Å². The third kappa shape index (κ3) is 5.18. The summed E-state index contributed by atoms with van der Waals surface area (Å²) in [6, 6.07) is 18.8. The van der Waals surface area contributed by atoms with E-state index in [0.717, 1.165) is 18.5 Å². The highest BCUT2D eigenvalue weighted by molar-refractivity contribution is 5.99. The lowest BCUT2D eigenvalue weighted by molar-refractivity contribution is -0.137. The molecule has 2 saturated heterocycles. The number of pyridine rings is 1. The number of benzene rings is 2. The molecule has 0 unspecified atom stereocenters. The summed E-state index contributed by atoms with van der Waals surface area (Å²) in [6.45, 7) is 2.46. The summed E-state index contributed by atoms with van der Waals surface area (Å²) >= 11 is 0. The first-order chi connectivity index (χ1) is 18.3. The Balaban J connectivity index is 1.27. The van der Waals surface area contributed by atoms with Crippen molar-refractivity contribution in [1.82, 2.24) is 14.8 Å². The molecule has 2 aliphatic rings. The molecule has 2 fully saturated rings. The molecule has 196 valence electrons. The van der Waals surface area contributed by atoms with Crippen LogP contribution < -0.4 is 16.4 Å². The van der Waals surface area contributed by atoms with Gasteiger partial charge >= 0.3 is 0 Å². The van der Waals surface area contributed by atoms with E-state index in [9.17, 15) is 14.4 Å². The van der Waals surface area contributed by atoms with Gasteiger partial charge in [-0.05, 0) is 43.0 Å². The standard InChI is InChI=1S/C29H32N6O3/c1-34-13-10-29(28(34)38)11-14-35(15-12-29)27(37)21-8-5-9-22(16-21)33-25-17-24(23(19-32-25)26(30)36)31-18-20-6-3-2-4-7-20/h2-9,16-17,19H,10-15,18H2,1H3,(H2,30,36)(H2,31,32,33). The van der Waals surface area contributed by atoms with Crippen LogP contribution in [0.15, 0.2) is 66.9 Å². The minimum Gasteiger partial charge on any atom is -0.380 e. The van der Waals surface area contributed by atoms with Crippen molar-refractivity contribution in [2.75, 3.05) is 37.3 Å². The largest absolute Gasteiger partial charge is 0.380 e. The van der Waals surface area contributed by atoms with Gasteiger partial charge in [0.25, 0.3) is 11.8 Å². The van der Waals surface area contributed by atoms with Gasteiger partial charge in [-0.1, -0.05) is 36.4 Å². The van der Waals surface area contributed by atoms with Crippen molar-refractivity contribution in [3.63, 3.8) is 0 Å². The van der Waals surface area contributed by atoms with Crippen molar-refractivity contribution in [3.8, 4) is 0 Å². The summed E-state index contributed by atoms with van der Waals surface area (Å²) in [5.74, 6) is 0.105. The fraction of sp³-hybridized carbons (Fsp3) is 0.310. The lowest BCUT2D eigenvalue weighted by atomic mass is 9.77. The number of rotatable bonds is 7. The zero-order chi connectivity index (χ0) is 26.7. The molecule has 3 amide bonds. The first kappa shape index (κ1) is 25.3. The fourth-order valence-electron chi connectivity index (χ4n) is 5.32. The molecular weight excluding hydrogens is 480 g/mol. The summed E-state index contributed by atoms with van der Waals surface area (Å²) in [7, 11) is 1.85. The van der Waals surface area contributed by atoms with Gasteiger partial charge in [-0.25, -0.2) is 4.98 Å². The highest BCUT2D eigenvalue weighted by Crippen LogP contribution is 2.41. The fourth-order valence-corrected chi connectivity index (χ4v) is 5.32. The molecule has 9 heteroatoms. The SMILES string of the molecule is CN1CCC2(CCN(C(=O)c3cccc(Nc4cc(NCc5ccccc5)c(C(N)=O)cn4)c3)CC2)C1=O. The number of nitrogens with zero attached hydrogens (tertiary/aromatic N) is 3. The maximum atomic E-state index is 13.3. The molecule has 0 atom stereocenters. The molecule has 38 heavy (non-hydrogen) atoms. The number of hydrogen-bond donors (Lipinski definition) is 3. The molecule has 0 aliphatic carbocycles. The molecule has 4 N–H and O–H groups in total. The molecule has 3 aromatic rings. The molecule has 0 saturated carbocycles. The summed E-state index contributed by atoms with van der Waals surface area (Å²) in [5, 5.41) is 6.50. The number of anilines is 3. The second-order valence-corrected chi connectivity index (χ2v) is 10.1. The van der Waals surface area contributed by atoms with Crippen molar-refractivity contribution in [2.24, 2.45) is 11.1 Å². The Morgan fingerprint density at radius 1 is 1.00 bits per heavy atom. The summed E-state index contributed by atoms with van der Waals surface area (Å²) < 4.78 is 0. The quantitative estimate of drug-likeness (QED) is 0.445. The molecule has 2 aliphatic heterocycles. The first-order valence-corrected chi connectivity index (χ1v) is 12.8. The number of hydrogen-bond acceptors (Lipinski definition) is 6. The van der Waals surface area contributed by atoms with E-state index in [1.165, 1.54) is 6.20 Å². The second kappa shape index (κ2) is 10.5. The monoisotopic (exact) mass is 512 g/mol. The zero-order valence-corrected chi connectivity index (χ0v) is 21.4. The number of aromatic nitrogens is 1. The molecule has 1 spiro atoms. The van der Waals surface area contributed by atoms with Crippen molar-refractivity contribution in [3.05, 3.63) is 83.6 Å². The van der Waals surface area contributed by atoms with Gasteiger partial charge < -0.3 is 26.2 Å². The predicted octanol–water partition coefficient (Wildman–Crippen LogP) is 3.62. The average molecular weight is 513 g/mol. The third-order valence-corrected chi connectivity index (χ3v) is 7.61. The Morgan fingerprint density at radius 2 is 1.74 bits per heavy atom. The highest BCUT2D eigenvalue weighted by Gasteiger charge is 2.47. The number of nitrogens with one attached hydrogen (secondary N) is 2. The topological polar surface area (TPSA) is 121 Å². The maximum absolute atomic E-state index is 13.3. The van der Waals surface area contributed by atoms with Crippen LogP contribution in [0.25, 0.3) is 0 Å². The van der Waals surface area contributed by atoms with Gasteiger partial charge in [0, 0.05) is 56.7 Å². The third-order valence-electron chi connectivity index (χ3n) is 7.61. The molecule has 3 heterocycles. The number of nitrogens with two attached hydrogens (primary N) is 1. The number of likely N-dealkylation sites (tertiary alicyclic amines) is 2. The Kier molecular flexibility index (Phi) is 7.00. The number of primary amides is 1. The van der Waals surface area contributed by atoms with E-state index in [-0.39, 0.29) is 17.2 Å². The van der Waals surface area contributed by atoms with Gasteiger partial charge in [0.15, 0.2) is 0 Å². The number of amides is 3. The van der Waals surface area contributed by atoms with Crippen molar-refractivity contribution in [2.45, 2.75) is 25.8 Å². The molecular formula is C29H32N6O3. The van der Waals surface area contributed by atoms with Gasteiger partial charge in [0.05, 0.1) is 16.7 Å². The van der Waals surface area contributed by atoms with Crippen molar-refractivity contribution >= 4 is 34.9 Å². The van der Waals surface area contributed by atoms with Gasteiger partial charge in [-0.15, -0.1) is 0 Å². The summed E-state index contributed by atoms with van der Waals surface area (Å²) in [6.07, 6.45) is 3.72. The molecule has 0 bridgehead atoms. The van der Waals surface area contributed by atoms with Crippen LogP contribution in [0.1, 0.15) is 45.5 Å². The van der Waals surface area contributed by atoms with Crippen LogP contribution in [-0.2, 0) is 11.3 Å². The van der Waals surface area contributed by atoms with E-state index in [4.69, 9.17) is 5.73 Å². The zero-order valence-electron chi connectivity index (χ0n) is 21.4. The number of carbonyl (C=O) groups excluding carboxylic acids is 3. The maximum Gasteiger partial charge on any atom is 0.253 e. The molecule has 5 rings (SSSR count). The lowest BCUT2D eigenvalue weighted by Gasteiger charge is -2.37. The molecule has 9 nitrogen and oxygen atoms in total. The Morgan fingerprint density at radius 3 is 2.42 bits per heavy atom. The van der Waals surface area contributed by atoms with Gasteiger partial charge in [0.1, 0.15) is 5.82 Å². The van der Waals surface area contributed by atoms with Crippen LogP contribution in [0.4, 0.5) is 17.2 Å². The lowest BCUT2D eigenvalue weighted by Crippen LogP contribution is -2.46. The minimum absolute atomic E-state index is 0.0513.